The number of rotatable bonds is 7. The quantitative estimate of drug-likeness (QED) is 0.642. The van der Waals surface area contributed by atoms with Crippen molar-refractivity contribution in [2.75, 3.05) is 19.1 Å². The number of ether oxygens (including phenoxy) is 1. The SMILES string of the molecule is CCCC(C(=O)O)c1cc(N(C)c2nc(C)nc3ccccc23)ccc1OC. The van der Waals surface area contributed by atoms with E-state index in [0.29, 0.717) is 23.6 Å². The average Bonchev–Trinajstić information content (AvgIpc) is 2.70. The van der Waals surface area contributed by atoms with Crippen molar-refractivity contribution in [2.24, 2.45) is 0 Å². The van der Waals surface area contributed by atoms with Crippen molar-refractivity contribution in [1.29, 1.82) is 0 Å². The molecular weight excluding hydrogens is 354 g/mol. The predicted octanol–water partition coefficient (Wildman–Crippen LogP) is 4.68. The molecule has 146 valence electrons. The number of para-hydroxylation sites is 1. The largest absolute Gasteiger partial charge is 0.496 e. The molecule has 0 radical (unpaired) electrons. The molecule has 0 aliphatic carbocycles. The Hall–Kier alpha value is -3.15. The van der Waals surface area contributed by atoms with Gasteiger partial charge in [0.2, 0.25) is 0 Å². The minimum absolute atomic E-state index is 0.550. The van der Waals surface area contributed by atoms with Crippen LogP contribution < -0.4 is 9.64 Å². The van der Waals surface area contributed by atoms with E-state index in [0.717, 1.165) is 28.8 Å². The van der Waals surface area contributed by atoms with Crippen LogP contribution in [0.3, 0.4) is 0 Å². The van der Waals surface area contributed by atoms with Gasteiger partial charge in [0.25, 0.3) is 0 Å². The zero-order valence-electron chi connectivity index (χ0n) is 16.6. The highest BCUT2D eigenvalue weighted by atomic mass is 16.5. The Labute approximate surface area is 164 Å². The second kappa shape index (κ2) is 8.25. The van der Waals surface area contributed by atoms with E-state index in [1.54, 1.807) is 7.11 Å². The third-order valence-electron chi connectivity index (χ3n) is 4.86. The van der Waals surface area contributed by atoms with Crippen molar-refractivity contribution >= 4 is 28.4 Å². The van der Waals surface area contributed by atoms with E-state index in [2.05, 4.69) is 9.97 Å². The molecule has 0 aliphatic heterocycles. The molecule has 3 rings (SSSR count). The summed E-state index contributed by atoms with van der Waals surface area (Å²) in [6, 6.07) is 13.5. The molecule has 1 aromatic heterocycles. The Morgan fingerprint density at radius 1 is 1.21 bits per heavy atom. The van der Waals surface area contributed by atoms with Crippen LogP contribution in [0.4, 0.5) is 11.5 Å². The molecule has 0 aliphatic rings. The van der Waals surface area contributed by atoms with Gasteiger partial charge in [0.05, 0.1) is 18.5 Å². The number of anilines is 2. The Bertz CT molecular complexity index is 1000. The fourth-order valence-electron chi connectivity index (χ4n) is 3.45. The standard InChI is InChI=1S/C22H25N3O3/c1-5-8-16(22(26)27)18-13-15(11-12-20(18)28-4)25(3)21-17-9-6-7-10-19(17)23-14(2)24-21/h6-7,9-13,16H,5,8H2,1-4H3,(H,26,27). The van der Waals surface area contributed by atoms with Crippen LogP contribution in [0.5, 0.6) is 5.75 Å². The fraction of sp³-hybridized carbons (Fsp3) is 0.318. The number of carboxylic acids is 1. The molecule has 3 aromatic rings. The van der Waals surface area contributed by atoms with E-state index >= 15 is 0 Å². The first-order valence-electron chi connectivity index (χ1n) is 9.34. The van der Waals surface area contributed by atoms with Crippen molar-refractivity contribution in [1.82, 2.24) is 9.97 Å². The van der Waals surface area contributed by atoms with Crippen molar-refractivity contribution in [2.45, 2.75) is 32.6 Å². The second-order valence-electron chi connectivity index (χ2n) is 6.78. The number of nitrogens with zero attached hydrogens (tertiary/aromatic N) is 3. The molecular formula is C22H25N3O3. The number of hydrogen-bond donors (Lipinski definition) is 1. The van der Waals surface area contributed by atoms with E-state index in [1.165, 1.54) is 0 Å². The Balaban J connectivity index is 2.12. The van der Waals surface area contributed by atoms with E-state index in [1.807, 2.05) is 68.3 Å². The van der Waals surface area contributed by atoms with Gasteiger partial charge < -0.3 is 14.7 Å². The van der Waals surface area contributed by atoms with Gasteiger partial charge in [-0.15, -0.1) is 0 Å². The van der Waals surface area contributed by atoms with Crippen LogP contribution in [0.1, 0.15) is 37.1 Å². The molecule has 1 heterocycles. The van der Waals surface area contributed by atoms with E-state index in [9.17, 15) is 9.90 Å². The lowest BCUT2D eigenvalue weighted by molar-refractivity contribution is -0.139. The zero-order chi connectivity index (χ0) is 20.3. The van der Waals surface area contributed by atoms with Crippen LogP contribution in [0.25, 0.3) is 10.9 Å². The lowest BCUT2D eigenvalue weighted by atomic mass is 9.93. The molecule has 6 nitrogen and oxygen atoms in total. The highest BCUT2D eigenvalue weighted by Crippen LogP contribution is 2.36. The maximum Gasteiger partial charge on any atom is 0.311 e. The molecule has 0 amide bonds. The van der Waals surface area contributed by atoms with Gasteiger partial charge >= 0.3 is 5.97 Å². The van der Waals surface area contributed by atoms with Crippen molar-refractivity contribution in [3.05, 3.63) is 53.9 Å². The number of carbonyl (C=O) groups is 1. The van der Waals surface area contributed by atoms with Crippen LogP contribution in [0, 0.1) is 6.92 Å². The molecule has 1 N–H and O–H groups in total. The molecule has 6 heteroatoms. The topological polar surface area (TPSA) is 75.5 Å². The van der Waals surface area contributed by atoms with Gasteiger partial charge in [-0.3, -0.25) is 4.79 Å². The number of aromatic nitrogens is 2. The first-order chi connectivity index (χ1) is 13.5. The molecule has 1 unspecified atom stereocenters. The first-order valence-corrected chi connectivity index (χ1v) is 9.34. The number of aliphatic carboxylic acids is 1. The maximum absolute atomic E-state index is 11.8. The molecule has 1 atom stereocenters. The minimum atomic E-state index is -0.844. The van der Waals surface area contributed by atoms with Crippen molar-refractivity contribution < 1.29 is 14.6 Å². The van der Waals surface area contributed by atoms with Crippen molar-refractivity contribution in [3.8, 4) is 5.75 Å². The third kappa shape index (κ3) is 3.76. The Kier molecular flexibility index (Phi) is 5.78. The summed E-state index contributed by atoms with van der Waals surface area (Å²) in [7, 11) is 3.49. The van der Waals surface area contributed by atoms with Crippen LogP contribution in [-0.4, -0.2) is 35.2 Å². The lowest BCUT2D eigenvalue weighted by Crippen LogP contribution is -2.16. The molecule has 2 aromatic carbocycles. The van der Waals surface area contributed by atoms with Crippen LogP contribution in [0.2, 0.25) is 0 Å². The van der Waals surface area contributed by atoms with Gasteiger partial charge in [-0.1, -0.05) is 25.5 Å². The Morgan fingerprint density at radius 2 is 1.96 bits per heavy atom. The second-order valence-corrected chi connectivity index (χ2v) is 6.78. The van der Waals surface area contributed by atoms with Crippen molar-refractivity contribution in [3.63, 3.8) is 0 Å². The number of benzene rings is 2. The fourth-order valence-corrected chi connectivity index (χ4v) is 3.45. The van der Waals surface area contributed by atoms with Gasteiger partial charge in [-0.2, -0.15) is 0 Å². The average molecular weight is 379 g/mol. The number of carboxylic acid groups (broad SMARTS) is 1. The summed E-state index contributed by atoms with van der Waals surface area (Å²) >= 11 is 0. The van der Waals surface area contributed by atoms with E-state index in [4.69, 9.17) is 4.74 Å². The molecule has 28 heavy (non-hydrogen) atoms. The highest BCUT2D eigenvalue weighted by Gasteiger charge is 2.24. The predicted molar refractivity (Wildman–Crippen MR) is 111 cm³/mol. The van der Waals surface area contributed by atoms with Gasteiger partial charge in [0.15, 0.2) is 0 Å². The van der Waals surface area contributed by atoms with Crippen LogP contribution >= 0.6 is 0 Å². The molecule has 0 fully saturated rings. The summed E-state index contributed by atoms with van der Waals surface area (Å²) in [5.41, 5.74) is 2.40. The summed E-state index contributed by atoms with van der Waals surface area (Å²) in [5, 5.41) is 10.7. The number of hydrogen-bond acceptors (Lipinski definition) is 5. The summed E-state index contributed by atoms with van der Waals surface area (Å²) in [6.07, 6.45) is 1.32. The van der Waals surface area contributed by atoms with Crippen LogP contribution in [-0.2, 0) is 4.79 Å². The smallest absolute Gasteiger partial charge is 0.311 e. The van der Waals surface area contributed by atoms with Crippen LogP contribution in [0.15, 0.2) is 42.5 Å². The molecule has 0 saturated heterocycles. The molecule has 0 saturated carbocycles. The monoisotopic (exact) mass is 379 g/mol. The summed E-state index contributed by atoms with van der Waals surface area (Å²) in [6.45, 7) is 3.85. The molecule has 0 spiro atoms. The van der Waals surface area contributed by atoms with E-state index < -0.39 is 11.9 Å². The number of aryl methyl sites for hydroxylation is 1. The van der Waals surface area contributed by atoms with E-state index in [-0.39, 0.29) is 0 Å². The summed E-state index contributed by atoms with van der Waals surface area (Å²) in [4.78, 5) is 22.9. The Morgan fingerprint density at radius 3 is 2.64 bits per heavy atom. The van der Waals surface area contributed by atoms with Gasteiger partial charge in [-0.25, -0.2) is 9.97 Å². The first kappa shape index (κ1) is 19.6. The zero-order valence-corrected chi connectivity index (χ0v) is 16.6. The number of fused-ring (bicyclic) bond motifs is 1. The minimum Gasteiger partial charge on any atom is -0.496 e. The van der Waals surface area contributed by atoms with Gasteiger partial charge in [0.1, 0.15) is 17.4 Å². The normalized spacial score (nSPS) is 12.0. The van der Waals surface area contributed by atoms with Gasteiger partial charge in [0, 0.05) is 23.7 Å². The molecule has 0 bridgehead atoms. The number of methoxy groups -OCH3 is 1. The highest BCUT2D eigenvalue weighted by molar-refractivity contribution is 5.91. The third-order valence-corrected chi connectivity index (χ3v) is 4.86. The lowest BCUT2D eigenvalue weighted by Gasteiger charge is -2.23. The summed E-state index contributed by atoms with van der Waals surface area (Å²) < 4.78 is 5.45. The summed E-state index contributed by atoms with van der Waals surface area (Å²) in [5.74, 6) is 0.590. The maximum atomic E-state index is 11.8. The van der Waals surface area contributed by atoms with Gasteiger partial charge in [-0.05, 0) is 43.7 Å².